The van der Waals surface area contributed by atoms with Crippen molar-refractivity contribution >= 4 is 43.6 Å². The number of benzene rings is 9. The number of hydrogen-bond acceptors (Lipinski definition) is 4. The van der Waals surface area contributed by atoms with Crippen LogP contribution in [-0.4, -0.2) is 24.1 Å². The van der Waals surface area contributed by atoms with E-state index < -0.39 is 47.0 Å². The van der Waals surface area contributed by atoms with Crippen molar-refractivity contribution < 1.29 is 52.7 Å². The summed E-state index contributed by atoms with van der Waals surface area (Å²) in [6.45, 7) is 0. The summed E-state index contributed by atoms with van der Waals surface area (Å²) in [5, 5.41) is 9.25. The molecule has 18 heteroatoms. The first-order valence-electron chi connectivity index (χ1n) is 24.3. The third-order valence-corrected chi connectivity index (χ3v) is 13.9. The monoisotopic (exact) mass is 1090 g/mol. The Morgan fingerprint density at radius 2 is 0.713 bits per heavy atom. The van der Waals surface area contributed by atoms with Crippen LogP contribution in [0.5, 0.6) is 0 Å². The van der Waals surface area contributed by atoms with Gasteiger partial charge in [0.15, 0.2) is 17.5 Å². The molecule has 0 aliphatic heterocycles. The van der Waals surface area contributed by atoms with Gasteiger partial charge >= 0.3 is 24.7 Å². The molecule has 12 aromatic rings. The Kier molecular flexibility index (Phi) is 11.9. The smallest absolute Gasteiger partial charge is 0.309 e. The minimum absolute atomic E-state index is 0.0389. The lowest BCUT2D eigenvalue weighted by Crippen LogP contribution is -2.07. The van der Waals surface area contributed by atoms with E-state index in [1.165, 1.54) is 9.13 Å². The average molecular weight is 1090 g/mol. The molecule has 0 aliphatic rings. The van der Waals surface area contributed by atoms with Crippen LogP contribution in [0.25, 0.3) is 111 Å². The number of rotatable bonds is 7. The fourth-order valence-electron chi connectivity index (χ4n) is 10.3. The summed E-state index contributed by atoms with van der Waals surface area (Å²) in [5.74, 6) is 0.229. The molecule has 0 bridgehead atoms. The zero-order chi connectivity index (χ0) is 56.0. The first-order valence-corrected chi connectivity index (χ1v) is 24.3. The highest BCUT2D eigenvalue weighted by atomic mass is 19.4. The van der Waals surface area contributed by atoms with Crippen LogP contribution in [0.2, 0.25) is 0 Å². The first-order chi connectivity index (χ1) is 38.1. The molecule has 0 saturated heterocycles. The van der Waals surface area contributed by atoms with Crippen LogP contribution in [0.1, 0.15) is 27.8 Å². The minimum atomic E-state index is -4.91. The van der Waals surface area contributed by atoms with Crippen molar-refractivity contribution in [2.45, 2.75) is 24.7 Å². The van der Waals surface area contributed by atoms with E-state index in [9.17, 15) is 57.9 Å². The van der Waals surface area contributed by atoms with Gasteiger partial charge in [0.1, 0.15) is 0 Å². The van der Waals surface area contributed by atoms with Gasteiger partial charge in [-0.15, -0.1) is 0 Å². The van der Waals surface area contributed by atoms with Gasteiger partial charge in [-0.2, -0.15) is 57.9 Å². The third-order valence-electron chi connectivity index (χ3n) is 13.9. The Balaban J connectivity index is 1.26. The molecule has 0 radical (unpaired) electrons. The van der Waals surface area contributed by atoms with Gasteiger partial charge < -0.3 is 9.13 Å². The molecule has 394 valence electrons. The fraction of sp³-hybridized carbons (Fsp3) is 0.0645. The molecule has 12 rings (SSSR count). The van der Waals surface area contributed by atoms with E-state index in [-0.39, 0.29) is 94.7 Å². The zero-order valence-corrected chi connectivity index (χ0v) is 40.7. The van der Waals surface area contributed by atoms with Crippen LogP contribution in [0.4, 0.5) is 52.7 Å². The molecule has 80 heavy (non-hydrogen) atoms. The van der Waals surface area contributed by atoms with E-state index >= 15 is 0 Å². The number of halogens is 12. The predicted molar refractivity (Wildman–Crippen MR) is 280 cm³/mol. The number of hydrogen-bond donors (Lipinski definition) is 0. The summed E-state index contributed by atoms with van der Waals surface area (Å²) in [4.78, 5) is 15.0. The summed E-state index contributed by atoms with van der Waals surface area (Å²) in [6.07, 6.45) is -19.6. The van der Waals surface area contributed by atoms with E-state index in [0.29, 0.717) is 22.3 Å². The van der Waals surface area contributed by atoms with Crippen molar-refractivity contribution in [2.24, 2.45) is 0 Å². The molecular formula is C62H32F12N6. The van der Waals surface area contributed by atoms with Gasteiger partial charge in [0.2, 0.25) is 0 Å². The van der Waals surface area contributed by atoms with Crippen LogP contribution >= 0.6 is 0 Å². The second kappa shape index (κ2) is 18.7. The summed E-state index contributed by atoms with van der Waals surface area (Å²) in [6, 6.07) is 47.0. The fourth-order valence-corrected chi connectivity index (χ4v) is 10.3. The molecule has 3 aromatic heterocycles. The lowest BCUT2D eigenvalue weighted by Gasteiger charge is -2.21. The van der Waals surface area contributed by atoms with Crippen LogP contribution in [0.3, 0.4) is 0 Å². The Morgan fingerprint density at radius 3 is 1.14 bits per heavy atom. The number of alkyl halides is 12. The standard InChI is InChI=1S/C62H32F12N6/c63-59(64,65)39-18-23-50-45(29-39)46-30-40(60(66,67)68)19-24-51(46)79(50)49-22-17-38(37-14-7-9-34(27-37)33-75)28-44(49)43-15-8-16-54(55(43)58-77-56(35-10-3-1-4-11-35)76-57(78-58)36-12-5-2-6-13-36)80-52-25-20-41(61(69,70)71)31-47(52)48-32-42(62(72,73)74)21-26-53(48)80/h1-32H. The Morgan fingerprint density at radius 1 is 0.325 bits per heavy atom. The zero-order valence-electron chi connectivity index (χ0n) is 40.7. The lowest BCUT2D eigenvalue weighted by molar-refractivity contribution is -0.138. The molecule has 6 nitrogen and oxygen atoms in total. The van der Waals surface area contributed by atoms with Crippen molar-refractivity contribution in [2.75, 3.05) is 0 Å². The molecule has 0 unspecified atom stereocenters. The first kappa shape index (κ1) is 51.0. The molecule has 0 saturated carbocycles. The summed E-state index contributed by atoms with van der Waals surface area (Å²) in [7, 11) is 0. The quantitative estimate of drug-likeness (QED) is 0.149. The lowest BCUT2D eigenvalue weighted by atomic mass is 9.92. The molecule has 0 fully saturated rings. The van der Waals surface area contributed by atoms with Crippen LogP contribution in [0.15, 0.2) is 194 Å². The second-order valence-corrected chi connectivity index (χ2v) is 18.8. The highest BCUT2D eigenvalue weighted by molar-refractivity contribution is 6.12. The van der Waals surface area contributed by atoms with Gasteiger partial charge in [-0.05, 0) is 120 Å². The molecule has 0 aliphatic carbocycles. The van der Waals surface area contributed by atoms with Crippen LogP contribution in [0, 0.1) is 11.3 Å². The molecule has 0 N–H and O–H groups in total. The maximum absolute atomic E-state index is 14.6. The Labute approximate surface area is 444 Å². The van der Waals surface area contributed by atoms with Crippen LogP contribution in [-0.2, 0) is 24.7 Å². The van der Waals surface area contributed by atoms with Gasteiger partial charge in [-0.25, -0.2) is 15.0 Å². The molecule has 0 spiro atoms. The summed E-state index contributed by atoms with van der Waals surface area (Å²) in [5.41, 5.74) is -1.12. The van der Waals surface area contributed by atoms with Gasteiger partial charge in [-0.1, -0.05) is 91.0 Å². The van der Waals surface area contributed by atoms with Gasteiger partial charge in [0, 0.05) is 38.2 Å². The third kappa shape index (κ3) is 8.99. The van der Waals surface area contributed by atoms with Gasteiger partial charge in [0.25, 0.3) is 0 Å². The minimum Gasteiger partial charge on any atom is -0.309 e. The van der Waals surface area contributed by atoms with E-state index in [4.69, 9.17) is 15.0 Å². The SMILES string of the molecule is N#Cc1cccc(-c2ccc(-n3c4ccc(C(F)(F)F)cc4c4cc(C(F)(F)F)ccc43)c(-c3cccc(-n4c5ccc(C(F)(F)F)cc5c5cc(C(F)(F)F)ccc54)c3-c3nc(-c4ccccc4)nc(-c4ccccc4)n3)c2)c1. The van der Waals surface area contributed by atoms with Crippen molar-refractivity contribution in [3.8, 4) is 73.9 Å². The van der Waals surface area contributed by atoms with Gasteiger partial charge in [0.05, 0.1) is 72.9 Å². The van der Waals surface area contributed by atoms with Crippen molar-refractivity contribution in [3.63, 3.8) is 0 Å². The maximum Gasteiger partial charge on any atom is 0.416 e. The van der Waals surface area contributed by atoms with Crippen LogP contribution < -0.4 is 0 Å². The second-order valence-electron chi connectivity index (χ2n) is 18.8. The molecule has 9 aromatic carbocycles. The van der Waals surface area contributed by atoms with E-state index in [0.717, 1.165) is 72.8 Å². The maximum atomic E-state index is 14.6. The van der Waals surface area contributed by atoms with Crippen molar-refractivity contribution in [3.05, 3.63) is 222 Å². The number of fused-ring (bicyclic) bond motifs is 6. The number of aromatic nitrogens is 5. The predicted octanol–water partition coefficient (Wildman–Crippen LogP) is 18.3. The summed E-state index contributed by atoms with van der Waals surface area (Å²) < 4.78 is 177. The average Bonchev–Trinajstić information content (AvgIpc) is 4.19. The number of nitrogens with zero attached hydrogens (tertiary/aromatic N) is 6. The Hall–Kier alpha value is -9.76. The highest BCUT2D eigenvalue weighted by Crippen LogP contribution is 2.48. The molecule has 0 atom stereocenters. The normalized spacial score (nSPS) is 12.5. The molecule has 0 amide bonds. The highest BCUT2D eigenvalue weighted by Gasteiger charge is 2.36. The molecule has 3 heterocycles. The number of nitriles is 1. The van der Waals surface area contributed by atoms with Crippen molar-refractivity contribution in [1.82, 2.24) is 24.1 Å². The van der Waals surface area contributed by atoms with E-state index in [1.54, 1.807) is 121 Å². The van der Waals surface area contributed by atoms with E-state index in [1.807, 2.05) is 0 Å². The van der Waals surface area contributed by atoms with Crippen molar-refractivity contribution in [1.29, 1.82) is 5.26 Å². The largest absolute Gasteiger partial charge is 0.416 e. The van der Waals surface area contributed by atoms with E-state index in [2.05, 4.69) is 6.07 Å². The summed E-state index contributed by atoms with van der Waals surface area (Å²) >= 11 is 0. The van der Waals surface area contributed by atoms with Gasteiger partial charge in [-0.3, -0.25) is 0 Å². The topological polar surface area (TPSA) is 72.3 Å². The Bertz CT molecular complexity index is 4290. The molecular weight excluding hydrogens is 1060 g/mol.